The zero-order valence-corrected chi connectivity index (χ0v) is 9.97. The van der Waals surface area contributed by atoms with Crippen LogP contribution in [0.3, 0.4) is 0 Å². The first kappa shape index (κ1) is 12.1. The highest BCUT2D eigenvalue weighted by atomic mass is 16.5. The largest absolute Gasteiger partial charge is 0.462 e. The van der Waals surface area contributed by atoms with Crippen molar-refractivity contribution in [3.63, 3.8) is 0 Å². The van der Waals surface area contributed by atoms with Gasteiger partial charge in [0.2, 0.25) is 0 Å². The van der Waals surface area contributed by atoms with Crippen LogP contribution in [0.2, 0.25) is 0 Å². The Morgan fingerprint density at radius 3 is 2.61 bits per heavy atom. The Hall–Kier alpha value is -2.36. The van der Waals surface area contributed by atoms with Gasteiger partial charge in [-0.25, -0.2) is 4.79 Å². The topological polar surface area (TPSA) is 55.4 Å². The molecule has 2 rings (SSSR count). The minimum Gasteiger partial charge on any atom is -0.462 e. The predicted molar refractivity (Wildman–Crippen MR) is 67.8 cm³/mol. The molecule has 2 aromatic carbocycles. The summed E-state index contributed by atoms with van der Waals surface area (Å²) in [5.74, 6) is -1.61. The van der Waals surface area contributed by atoms with Gasteiger partial charge in [0.05, 0.1) is 7.11 Å². The average molecular weight is 243 g/mol. The van der Waals surface area contributed by atoms with Gasteiger partial charge in [-0.15, -0.1) is 0 Å². The Balaban J connectivity index is 2.17. The van der Waals surface area contributed by atoms with Crippen molar-refractivity contribution in [3.8, 4) is 0 Å². The van der Waals surface area contributed by atoms with Crippen molar-refractivity contribution < 1.29 is 14.3 Å². The smallest absolute Gasteiger partial charge is 0.396 e. The molecule has 0 aromatic heterocycles. The Labute approximate surface area is 105 Å². The molecule has 0 aliphatic rings. The highest BCUT2D eigenvalue weighted by Crippen LogP contribution is 2.18. The molecule has 0 bridgehead atoms. The molecular formula is C14H13NO3. The lowest BCUT2D eigenvalue weighted by Crippen LogP contribution is -2.31. The van der Waals surface area contributed by atoms with E-state index in [4.69, 9.17) is 0 Å². The first-order valence-electron chi connectivity index (χ1n) is 5.55. The SMILES string of the molecule is COC(=O)C(=O)NCc1cccc2ccccc12. The van der Waals surface area contributed by atoms with Crippen molar-refractivity contribution in [1.29, 1.82) is 0 Å². The normalized spacial score (nSPS) is 10.1. The van der Waals surface area contributed by atoms with Gasteiger partial charge in [0.25, 0.3) is 0 Å². The summed E-state index contributed by atoms with van der Waals surface area (Å²) in [7, 11) is 1.18. The summed E-state index contributed by atoms with van der Waals surface area (Å²) < 4.78 is 4.34. The molecule has 92 valence electrons. The number of nitrogens with one attached hydrogen (secondary N) is 1. The fourth-order valence-electron chi connectivity index (χ4n) is 1.79. The number of rotatable bonds is 2. The molecule has 0 saturated carbocycles. The van der Waals surface area contributed by atoms with E-state index in [0.29, 0.717) is 6.54 Å². The van der Waals surface area contributed by atoms with Gasteiger partial charge in [-0.3, -0.25) is 4.79 Å². The van der Waals surface area contributed by atoms with Gasteiger partial charge in [-0.05, 0) is 16.3 Å². The maximum atomic E-state index is 11.3. The van der Waals surface area contributed by atoms with Gasteiger partial charge in [0, 0.05) is 6.54 Å². The van der Waals surface area contributed by atoms with Crippen molar-refractivity contribution in [1.82, 2.24) is 5.32 Å². The van der Waals surface area contributed by atoms with Crippen LogP contribution in [0.25, 0.3) is 10.8 Å². The Morgan fingerprint density at radius 1 is 1.11 bits per heavy atom. The maximum absolute atomic E-state index is 11.3. The van der Waals surface area contributed by atoms with E-state index in [1.165, 1.54) is 7.11 Å². The fourth-order valence-corrected chi connectivity index (χ4v) is 1.79. The third-order valence-electron chi connectivity index (χ3n) is 2.69. The number of hydrogen-bond donors (Lipinski definition) is 1. The van der Waals surface area contributed by atoms with Crippen LogP contribution in [-0.4, -0.2) is 19.0 Å². The predicted octanol–water partition coefficient (Wildman–Crippen LogP) is 1.63. The molecule has 0 aliphatic heterocycles. The Kier molecular flexibility index (Phi) is 3.57. The highest BCUT2D eigenvalue weighted by molar-refractivity contribution is 6.32. The van der Waals surface area contributed by atoms with Crippen molar-refractivity contribution in [2.75, 3.05) is 7.11 Å². The summed E-state index contributed by atoms with van der Waals surface area (Å²) in [6.45, 7) is 0.301. The van der Waals surface area contributed by atoms with Crippen molar-refractivity contribution in [2.24, 2.45) is 0 Å². The van der Waals surface area contributed by atoms with Gasteiger partial charge in [-0.2, -0.15) is 0 Å². The third kappa shape index (κ3) is 2.48. The van der Waals surface area contributed by atoms with Gasteiger partial charge in [0.1, 0.15) is 0 Å². The number of methoxy groups -OCH3 is 1. The van der Waals surface area contributed by atoms with Gasteiger partial charge >= 0.3 is 11.9 Å². The molecule has 1 amide bonds. The molecular weight excluding hydrogens is 230 g/mol. The molecule has 4 heteroatoms. The first-order valence-corrected chi connectivity index (χ1v) is 5.55. The quantitative estimate of drug-likeness (QED) is 0.644. The Morgan fingerprint density at radius 2 is 1.83 bits per heavy atom. The lowest BCUT2D eigenvalue weighted by Gasteiger charge is -2.07. The van der Waals surface area contributed by atoms with E-state index >= 15 is 0 Å². The van der Waals surface area contributed by atoms with Crippen LogP contribution >= 0.6 is 0 Å². The molecule has 18 heavy (non-hydrogen) atoms. The van der Waals surface area contributed by atoms with Crippen LogP contribution in [0.1, 0.15) is 5.56 Å². The van der Waals surface area contributed by atoms with Gasteiger partial charge < -0.3 is 10.1 Å². The minimum atomic E-state index is -0.879. The van der Waals surface area contributed by atoms with Crippen LogP contribution in [-0.2, 0) is 20.9 Å². The number of carbonyl (C=O) groups is 2. The Bertz CT molecular complexity index is 587. The van der Waals surface area contributed by atoms with Crippen LogP contribution < -0.4 is 5.32 Å². The number of fused-ring (bicyclic) bond motifs is 1. The van der Waals surface area contributed by atoms with E-state index in [1.54, 1.807) is 0 Å². The van der Waals surface area contributed by atoms with E-state index in [1.807, 2.05) is 42.5 Å². The number of esters is 1. The van der Waals surface area contributed by atoms with Gasteiger partial charge in [0.15, 0.2) is 0 Å². The first-order chi connectivity index (χ1) is 8.72. The lowest BCUT2D eigenvalue weighted by atomic mass is 10.0. The van der Waals surface area contributed by atoms with Crippen molar-refractivity contribution >= 4 is 22.6 Å². The molecule has 0 atom stereocenters. The van der Waals surface area contributed by atoms with E-state index in [9.17, 15) is 9.59 Å². The standard InChI is InChI=1S/C14H13NO3/c1-18-14(17)13(16)15-9-11-7-4-6-10-5-2-3-8-12(10)11/h2-8H,9H2,1H3,(H,15,16). The fraction of sp³-hybridized carbons (Fsp3) is 0.143. The zero-order chi connectivity index (χ0) is 13.0. The van der Waals surface area contributed by atoms with E-state index in [-0.39, 0.29) is 0 Å². The van der Waals surface area contributed by atoms with Crippen LogP contribution in [0, 0.1) is 0 Å². The third-order valence-corrected chi connectivity index (χ3v) is 2.69. The number of amides is 1. The number of hydrogen-bond acceptors (Lipinski definition) is 3. The minimum absolute atomic E-state index is 0.301. The molecule has 0 radical (unpaired) electrons. The van der Waals surface area contributed by atoms with Crippen LogP contribution in [0.4, 0.5) is 0 Å². The summed E-state index contributed by atoms with van der Waals surface area (Å²) in [5, 5.41) is 4.69. The molecule has 4 nitrogen and oxygen atoms in total. The molecule has 1 N–H and O–H groups in total. The summed E-state index contributed by atoms with van der Waals surface area (Å²) in [6, 6.07) is 13.7. The molecule has 0 unspecified atom stereocenters. The highest BCUT2D eigenvalue weighted by Gasteiger charge is 2.13. The summed E-state index contributed by atoms with van der Waals surface area (Å²) in [6.07, 6.45) is 0. The summed E-state index contributed by atoms with van der Waals surface area (Å²) in [5.41, 5.74) is 0.963. The second-order valence-corrected chi connectivity index (χ2v) is 3.81. The lowest BCUT2D eigenvalue weighted by molar-refractivity contribution is -0.152. The van der Waals surface area contributed by atoms with Crippen molar-refractivity contribution in [2.45, 2.75) is 6.54 Å². The van der Waals surface area contributed by atoms with Crippen LogP contribution in [0.5, 0.6) is 0 Å². The molecule has 0 saturated heterocycles. The number of benzene rings is 2. The van der Waals surface area contributed by atoms with E-state index in [0.717, 1.165) is 16.3 Å². The molecule has 2 aromatic rings. The number of carbonyl (C=O) groups excluding carboxylic acids is 2. The molecule has 0 heterocycles. The molecule has 0 spiro atoms. The van der Waals surface area contributed by atoms with Crippen molar-refractivity contribution in [3.05, 3.63) is 48.0 Å². The monoisotopic (exact) mass is 243 g/mol. The average Bonchev–Trinajstić information content (AvgIpc) is 2.43. The molecule has 0 aliphatic carbocycles. The maximum Gasteiger partial charge on any atom is 0.396 e. The zero-order valence-electron chi connectivity index (χ0n) is 9.97. The number of ether oxygens (including phenoxy) is 1. The van der Waals surface area contributed by atoms with E-state index < -0.39 is 11.9 Å². The molecule has 0 fully saturated rings. The summed E-state index contributed by atoms with van der Waals surface area (Å²) in [4.78, 5) is 22.3. The van der Waals surface area contributed by atoms with Gasteiger partial charge in [-0.1, -0.05) is 42.5 Å². The van der Waals surface area contributed by atoms with E-state index in [2.05, 4.69) is 10.1 Å². The van der Waals surface area contributed by atoms with Crippen LogP contribution in [0.15, 0.2) is 42.5 Å². The second-order valence-electron chi connectivity index (χ2n) is 3.81. The summed E-state index contributed by atoms with van der Waals surface area (Å²) >= 11 is 0. The second kappa shape index (κ2) is 5.31.